The van der Waals surface area contributed by atoms with Crippen molar-refractivity contribution in [1.29, 1.82) is 0 Å². The molecule has 0 spiro atoms. The van der Waals surface area contributed by atoms with E-state index in [9.17, 15) is 9.59 Å². The third kappa shape index (κ3) is 6.20. The maximum absolute atomic E-state index is 12.3. The summed E-state index contributed by atoms with van der Waals surface area (Å²) in [5.41, 5.74) is 2.23. The summed E-state index contributed by atoms with van der Waals surface area (Å²) >= 11 is 0. The minimum Gasteiger partial charge on any atom is -0.480 e. The molecule has 5 nitrogen and oxygen atoms in total. The molecule has 0 saturated carbocycles. The Morgan fingerprint density at radius 3 is 2.29 bits per heavy atom. The van der Waals surface area contributed by atoms with Crippen LogP contribution in [0.2, 0.25) is 0 Å². The zero-order valence-corrected chi connectivity index (χ0v) is 13.6. The fourth-order valence-corrected chi connectivity index (χ4v) is 2.52. The number of carboxylic acid groups (broad SMARTS) is 1. The molecule has 126 valence electrons. The zero-order valence-electron chi connectivity index (χ0n) is 13.6. The average Bonchev–Trinajstić information content (AvgIpc) is 2.60. The molecule has 2 rings (SSSR count). The number of nitrogens with zero attached hydrogens (tertiary/aromatic N) is 2. The Hall–Kier alpha value is -2.69. The Bertz CT molecular complexity index is 644. The third-order valence-corrected chi connectivity index (χ3v) is 3.80. The summed E-state index contributed by atoms with van der Waals surface area (Å²) < 4.78 is 0. The Labute approximate surface area is 142 Å². The van der Waals surface area contributed by atoms with Gasteiger partial charge in [-0.15, -0.1) is 0 Å². The van der Waals surface area contributed by atoms with Crippen LogP contribution < -0.4 is 0 Å². The molecular weight excluding hydrogens is 304 g/mol. The van der Waals surface area contributed by atoms with Crippen LogP contribution in [0.1, 0.15) is 24.0 Å². The van der Waals surface area contributed by atoms with Crippen molar-refractivity contribution in [2.75, 3.05) is 13.1 Å². The summed E-state index contributed by atoms with van der Waals surface area (Å²) in [6.07, 6.45) is 5.95. The van der Waals surface area contributed by atoms with Gasteiger partial charge < -0.3 is 10.0 Å². The molecule has 5 heteroatoms. The van der Waals surface area contributed by atoms with E-state index in [1.807, 2.05) is 42.5 Å². The molecule has 0 saturated heterocycles. The Morgan fingerprint density at radius 1 is 0.958 bits per heavy atom. The van der Waals surface area contributed by atoms with Crippen LogP contribution in [0.5, 0.6) is 0 Å². The molecule has 1 aromatic heterocycles. The molecule has 2 aromatic rings. The molecule has 0 bridgehead atoms. The first-order valence-corrected chi connectivity index (χ1v) is 8.07. The van der Waals surface area contributed by atoms with Crippen molar-refractivity contribution in [2.45, 2.75) is 25.7 Å². The largest absolute Gasteiger partial charge is 0.480 e. The maximum Gasteiger partial charge on any atom is 0.323 e. The molecule has 1 heterocycles. The lowest BCUT2D eigenvalue weighted by Crippen LogP contribution is -2.37. The summed E-state index contributed by atoms with van der Waals surface area (Å²) in [5, 5.41) is 9.03. The lowest BCUT2D eigenvalue weighted by Gasteiger charge is -2.21. The number of aliphatic carboxylic acids is 1. The third-order valence-electron chi connectivity index (χ3n) is 3.80. The molecule has 24 heavy (non-hydrogen) atoms. The van der Waals surface area contributed by atoms with Gasteiger partial charge in [-0.2, -0.15) is 0 Å². The van der Waals surface area contributed by atoms with E-state index in [0.717, 1.165) is 17.5 Å². The highest BCUT2D eigenvalue weighted by molar-refractivity contribution is 5.81. The molecule has 0 aliphatic carbocycles. The van der Waals surface area contributed by atoms with Gasteiger partial charge in [0, 0.05) is 25.4 Å². The van der Waals surface area contributed by atoms with Crippen LogP contribution in [0, 0.1) is 0 Å². The van der Waals surface area contributed by atoms with Crippen LogP contribution >= 0.6 is 0 Å². The van der Waals surface area contributed by atoms with Gasteiger partial charge >= 0.3 is 5.97 Å². The summed E-state index contributed by atoms with van der Waals surface area (Å²) in [6, 6.07) is 13.6. The fourth-order valence-electron chi connectivity index (χ4n) is 2.52. The number of hydrogen-bond acceptors (Lipinski definition) is 3. The number of aryl methyl sites for hydroxylation is 1. The minimum atomic E-state index is -0.981. The van der Waals surface area contributed by atoms with Gasteiger partial charge in [0.15, 0.2) is 0 Å². The van der Waals surface area contributed by atoms with E-state index in [-0.39, 0.29) is 12.5 Å². The normalized spacial score (nSPS) is 10.3. The van der Waals surface area contributed by atoms with E-state index in [1.54, 1.807) is 12.4 Å². The molecule has 1 aromatic carbocycles. The monoisotopic (exact) mass is 326 g/mol. The van der Waals surface area contributed by atoms with Crippen LogP contribution in [-0.4, -0.2) is 40.0 Å². The fraction of sp³-hybridized carbons (Fsp3) is 0.316. The highest BCUT2D eigenvalue weighted by Crippen LogP contribution is 2.07. The first-order valence-electron chi connectivity index (χ1n) is 8.07. The maximum atomic E-state index is 12.3. The van der Waals surface area contributed by atoms with E-state index in [0.29, 0.717) is 25.8 Å². The quantitative estimate of drug-likeness (QED) is 0.769. The SMILES string of the molecule is O=C(O)CN(CCc1ccccc1)C(=O)CCCc1ccncc1. The minimum absolute atomic E-state index is 0.109. The molecule has 0 aliphatic heterocycles. The van der Waals surface area contributed by atoms with Crippen LogP contribution in [0.3, 0.4) is 0 Å². The van der Waals surface area contributed by atoms with E-state index >= 15 is 0 Å². The van der Waals surface area contributed by atoms with E-state index in [1.165, 1.54) is 4.90 Å². The second-order valence-electron chi connectivity index (χ2n) is 5.65. The van der Waals surface area contributed by atoms with Gasteiger partial charge in [0.1, 0.15) is 6.54 Å². The number of rotatable bonds is 9. The molecule has 0 fully saturated rings. The number of carbonyl (C=O) groups is 2. The van der Waals surface area contributed by atoms with Crippen LogP contribution in [-0.2, 0) is 22.4 Å². The van der Waals surface area contributed by atoms with Gasteiger partial charge in [-0.3, -0.25) is 14.6 Å². The van der Waals surface area contributed by atoms with Gasteiger partial charge in [-0.25, -0.2) is 0 Å². The number of carbonyl (C=O) groups excluding carboxylic acids is 1. The molecule has 1 amide bonds. The topological polar surface area (TPSA) is 70.5 Å². The first kappa shape index (κ1) is 17.7. The van der Waals surface area contributed by atoms with Crippen molar-refractivity contribution < 1.29 is 14.7 Å². The first-order chi connectivity index (χ1) is 11.6. The van der Waals surface area contributed by atoms with Crippen molar-refractivity contribution in [3.63, 3.8) is 0 Å². The van der Waals surface area contributed by atoms with Gasteiger partial charge in [-0.05, 0) is 42.5 Å². The van der Waals surface area contributed by atoms with E-state index < -0.39 is 5.97 Å². The predicted octanol–water partition coefficient (Wildman–Crippen LogP) is 2.56. The molecule has 0 atom stereocenters. The van der Waals surface area contributed by atoms with Crippen LogP contribution in [0.15, 0.2) is 54.9 Å². The summed E-state index contributed by atoms with van der Waals surface area (Å²) in [5.74, 6) is -1.09. The van der Waals surface area contributed by atoms with Crippen molar-refractivity contribution in [3.8, 4) is 0 Å². The second kappa shape index (κ2) is 9.45. The zero-order chi connectivity index (χ0) is 17.2. The van der Waals surface area contributed by atoms with Crippen molar-refractivity contribution in [3.05, 3.63) is 66.0 Å². The highest BCUT2D eigenvalue weighted by atomic mass is 16.4. The molecule has 0 unspecified atom stereocenters. The predicted molar refractivity (Wildman–Crippen MR) is 91.5 cm³/mol. The number of amides is 1. The number of carboxylic acids is 1. The highest BCUT2D eigenvalue weighted by Gasteiger charge is 2.16. The molecule has 1 N–H and O–H groups in total. The van der Waals surface area contributed by atoms with Gasteiger partial charge in [0.05, 0.1) is 0 Å². The molecular formula is C19H22N2O3. The van der Waals surface area contributed by atoms with Gasteiger partial charge in [0.25, 0.3) is 0 Å². The van der Waals surface area contributed by atoms with E-state index in [2.05, 4.69) is 4.98 Å². The Kier molecular flexibility index (Phi) is 6.95. The number of pyridine rings is 1. The summed E-state index contributed by atoms with van der Waals surface area (Å²) in [4.78, 5) is 28.8. The van der Waals surface area contributed by atoms with Crippen LogP contribution in [0.4, 0.5) is 0 Å². The number of benzene rings is 1. The van der Waals surface area contributed by atoms with Crippen molar-refractivity contribution >= 4 is 11.9 Å². The van der Waals surface area contributed by atoms with Crippen LogP contribution in [0.25, 0.3) is 0 Å². The van der Waals surface area contributed by atoms with Gasteiger partial charge in [-0.1, -0.05) is 30.3 Å². The van der Waals surface area contributed by atoms with E-state index in [4.69, 9.17) is 5.11 Å². The molecule has 0 aliphatic rings. The summed E-state index contributed by atoms with van der Waals surface area (Å²) in [7, 11) is 0. The summed E-state index contributed by atoms with van der Waals surface area (Å²) in [6.45, 7) is 0.172. The van der Waals surface area contributed by atoms with Gasteiger partial charge in [0.2, 0.25) is 5.91 Å². The Morgan fingerprint density at radius 2 is 1.62 bits per heavy atom. The Balaban J connectivity index is 1.84. The standard InChI is InChI=1S/C19H22N2O3/c22-18(8-4-7-17-9-12-20-13-10-17)21(15-19(23)24)14-11-16-5-2-1-3-6-16/h1-3,5-6,9-10,12-13H,4,7-8,11,14-15H2,(H,23,24). The number of aromatic nitrogens is 1. The lowest BCUT2D eigenvalue weighted by molar-refractivity contribution is -0.144. The smallest absolute Gasteiger partial charge is 0.323 e. The lowest BCUT2D eigenvalue weighted by atomic mass is 10.1. The average molecular weight is 326 g/mol. The van der Waals surface area contributed by atoms with Crippen molar-refractivity contribution in [2.24, 2.45) is 0 Å². The van der Waals surface area contributed by atoms with Crippen molar-refractivity contribution in [1.82, 2.24) is 9.88 Å². The second-order valence-corrected chi connectivity index (χ2v) is 5.65. The molecule has 0 radical (unpaired) electrons. The number of hydrogen-bond donors (Lipinski definition) is 1.